The number of nitrogens with zero attached hydrogens (tertiary/aromatic N) is 2. The van der Waals surface area contributed by atoms with E-state index < -0.39 is 0 Å². The van der Waals surface area contributed by atoms with Crippen LogP contribution in [0.5, 0.6) is 0 Å². The van der Waals surface area contributed by atoms with E-state index in [1.807, 2.05) is 0 Å². The van der Waals surface area contributed by atoms with E-state index in [1.54, 1.807) is 0 Å². The van der Waals surface area contributed by atoms with Crippen molar-refractivity contribution in [3.8, 4) is 0 Å². The first-order valence-electron chi connectivity index (χ1n) is 10.3. The molecule has 6 nitrogen and oxygen atoms in total. The van der Waals surface area contributed by atoms with Crippen LogP contribution in [0, 0.1) is 0 Å². The molecule has 1 aliphatic rings. The minimum absolute atomic E-state index is 0. The second-order valence-electron chi connectivity index (χ2n) is 7.00. The second kappa shape index (κ2) is 14.6. The van der Waals surface area contributed by atoms with Crippen LogP contribution in [0.15, 0.2) is 35.3 Å². The van der Waals surface area contributed by atoms with Crippen molar-refractivity contribution in [1.29, 1.82) is 0 Å². The lowest BCUT2D eigenvalue weighted by molar-refractivity contribution is -0.120. The third-order valence-corrected chi connectivity index (χ3v) is 4.75. The summed E-state index contributed by atoms with van der Waals surface area (Å²) in [4.78, 5) is 19.0. The van der Waals surface area contributed by atoms with E-state index in [1.165, 1.54) is 18.4 Å². The van der Waals surface area contributed by atoms with Crippen molar-refractivity contribution in [2.75, 3.05) is 32.7 Å². The van der Waals surface area contributed by atoms with Gasteiger partial charge in [-0.05, 0) is 38.3 Å². The van der Waals surface area contributed by atoms with Crippen LogP contribution in [0.25, 0.3) is 0 Å². The van der Waals surface area contributed by atoms with Crippen LogP contribution in [-0.4, -0.2) is 55.5 Å². The predicted molar refractivity (Wildman–Crippen MR) is 127 cm³/mol. The molecule has 1 heterocycles. The van der Waals surface area contributed by atoms with Crippen molar-refractivity contribution >= 4 is 35.8 Å². The Kier molecular flexibility index (Phi) is 12.9. The van der Waals surface area contributed by atoms with Crippen LogP contribution >= 0.6 is 24.0 Å². The van der Waals surface area contributed by atoms with E-state index in [2.05, 4.69) is 65.0 Å². The molecular formula is C21H36IN5O. The van der Waals surface area contributed by atoms with Gasteiger partial charge in [-0.15, -0.1) is 24.0 Å². The van der Waals surface area contributed by atoms with Gasteiger partial charge in [-0.2, -0.15) is 0 Å². The van der Waals surface area contributed by atoms with Crippen LogP contribution in [0.1, 0.15) is 45.1 Å². The fraction of sp³-hybridized carbons (Fsp3) is 0.619. The molecule has 1 aromatic carbocycles. The maximum absolute atomic E-state index is 11.7. The van der Waals surface area contributed by atoms with Crippen molar-refractivity contribution < 1.29 is 4.79 Å². The molecule has 3 N–H and O–H groups in total. The summed E-state index contributed by atoms with van der Waals surface area (Å²) >= 11 is 0. The number of likely N-dealkylation sites (tertiary alicyclic amines) is 1. The summed E-state index contributed by atoms with van der Waals surface area (Å²) in [6, 6.07) is 11.1. The molecule has 0 saturated carbocycles. The lowest BCUT2D eigenvalue weighted by atomic mass is 10.2. The number of carbonyl (C=O) groups excluding carboxylic acids is 1. The van der Waals surface area contributed by atoms with Crippen LogP contribution in [0.4, 0.5) is 0 Å². The number of guanidine groups is 1. The van der Waals surface area contributed by atoms with Gasteiger partial charge in [-0.3, -0.25) is 14.7 Å². The van der Waals surface area contributed by atoms with Crippen LogP contribution in [-0.2, 0) is 11.3 Å². The van der Waals surface area contributed by atoms with E-state index >= 15 is 0 Å². The highest BCUT2D eigenvalue weighted by Gasteiger charge is 2.24. The summed E-state index contributed by atoms with van der Waals surface area (Å²) in [5.74, 6) is 0.886. The topological polar surface area (TPSA) is 68.8 Å². The number of nitrogens with one attached hydrogen (secondary N) is 3. The molecule has 28 heavy (non-hydrogen) atoms. The summed E-state index contributed by atoms with van der Waals surface area (Å²) in [6.45, 7) is 9.17. The molecular weight excluding hydrogens is 465 g/mol. The number of carbonyl (C=O) groups is 1. The van der Waals surface area contributed by atoms with E-state index in [-0.39, 0.29) is 29.9 Å². The Morgan fingerprint density at radius 1 is 1.14 bits per heavy atom. The molecule has 0 spiro atoms. The van der Waals surface area contributed by atoms with Crippen molar-refractivity contribution in [2.24, 2.45) is 4.99 Å². The molecule has 0 aromatic heterocycles. The Balaban J connectivity index is 0.00000392. The molecule has 1 amide bonds. The number of amides is 1. The van der Waals surface area contributed by atoms with Gasteiger partial charge < -0.3 is 16.0 Å². The second-order valence-corrected chi connectivity index (χ2v) is 7.00. The van der Waals surface area contributed by atoms with Crippen molar-refractivity contribution in [2.45, 2.75) is 52.1 Å². The zero-order chi connectivity index (χ0) is 19.3. The fourth-order valence-corrected chi connectivity index (χ4v) is 3.31. The van der Waals surface area contributed by atoms with E-state index in [0.29, 0.717) is 19.0 Å². The first-order chi connectivity index (χ1) is 13.2. The first kappa shape index (κ1) is 24.7. The maximum Gasteiger partial charge on any atom is 0.221 e. The van der Waals surface area contributed by atoms with Gasteiger partial charge in [-0.1, -0.05) is 37.3 Å². The average molecular weight is 501 g/mol. The number of hydrogen-bond donors (Lipinski definition) is 3. The van der Waals surface area contributed by atoms with Gasteiger partial charge in [0.25, 0.3) is 0 Å². The molecule has 2 rings (SSSR count). The molecule has 1 atom stereocenters. The van der Waals surface area contributed by atoms with Gasteiger partial charge in [-0.25, -0.2) is 0 Å². The molecule has 0 aliphatic carbocycles. The minimum Gasteiger partial charge on any atom is -0.357 e. The lowest BCUT2D eigenvalue weighted by Crippen LogP contribution is -2.40. The molecule has 1 aliphatic heterocycles. The summed E-state index contributed by atoms with van der Waals surface area (Å²) in [5.41, 5.74) is 1.36. The van der Waals surface area contributed by atoms with Crippen LogP contribution in [0.2, 0.25) is 0 Å². The van der Waals surface area contributed by atoms with Gasteiger partial charge in [0.1, 0.15) is 0 Å². The molecule has 1 saturated heterocycles. The zero-order valence-electron chi connectivity index (χ0n) is 17.2. The number of halogens is 1. The standard InChI is InChI=1S/C21H35N5O.HI/c1-3-13-23-20(27)12-14-24-21(22-4-2)25-16-19-11-8-15-26(19)17-18-9-6-5-7-10-18;/h5-7,9-10,19H,3-4,8,11-17H2,1-2H3,(H,23,27)(H2,22,24,25);1H. The molecule has 1 aromatic rings. The highest BCUT2D eigenvalue weighted by atomic mass is 127. The molecule has 0 radical (unpaired) electrons. The summed E-state index contributed by atoms with van der Waals surface area (Å²) < 4.78 is 0. The number of benzene rings is 1. The maximum atomic E-state index is 11.7. The molecule has 7 heteroatoms. The van der Waals surface area contributed by atoms with Crippen molar-refractivity contribution in [3.63, 3.8) is 0 Å². The van der Waals surface area contributed by atoms with E-state index in [9.17, 15) is 4.79 Å². The van der Waals surface area contributed by atoms with Gasteiger partial charge in [0.2, 0.25) is 5.91 Å². The smallest absolute Gasteiger partial charge is 0.221 e. The SMILES string of the molecule is CCCNC(=O)CCNC(=NCC1CCCN1Cc1ccccc1)NCC.I. The first-order valence-corrected chi connectivity index (χ1v) is 10.3. The third-order valence-electron chi connectivity index (χ3n) is 4.75. The van der Waals surface area contributed by atoms with Crippen molar-refractivity contribution in [3.05, 3.63) is 35.9 Å². The Hall–Kier alpha value is -1.35. The quantitative estimate of drug-likeness (QED) is 0.262. The van der Waals surface area contributed by atoms with Crippen LogP contribution < -0.4 is 16.0 Å². The van der Waals surface area contributed by atoms with Gasteiger partial charge in [0.05, 0.1) is 6.54 Å². The highest BCUT2D eigenvalue weighted by molar-refractivity contribution is 14.0. The molecule has 1 fully saturated rings. The van der Waals surface area contributed by atoms with Gasteiger partial charge in [0, 0.05) is 38.6 Å². The highest BCUT2D eigenvalue weighted by Crippen LogP contribution is 2.20. The average Bonchev–Trinajstić information content (AvgIpc) is 3.12. The van der Waals surface area contributed by atoms with Gasteiger partial charge >= 0.3 is 0 Å². The fourth-order valence-electron chi connectivity index (χ4n) is 3.31. The molecule has 0 bridgehead atoms. The third kappa shape index (κ3) is 9.23. The van der Waals surface area contributed by atoms with E-state index in [4.69, 9.17) is 4.99 Å². The number of aliphatic imine (C=N–C) groups is 1. The summed E-state index contributed by atoms with van der Waals surface area (Å²) in [5, 5.41) is 9.45. The molecule has 1 unspecified atom stereocenters. The monoisotopic (exact) mass is 501 g/mol. The molecule has 158 valence electrons. The van der Waals surface area contributed by atoms with Crippen LogP contribution in [0.3, 0.4) is 0 Å². The zero-order valence-corrected chi connectivity index (χ0v) is 19.6. The predicted octanol–water partition coefficient (Wildman–Crippen LogP) is 2.74. The number of hydrogen-bond acceptors (Lipinski definition) is 3. The normalized spacial score (nSPS) is 17.1. The van der Waals surface area contributed by atoms with Gasteiger partial charge in [0.15, 0.2) is 5.96 Å². The minimum atomic E-state index is 0. The largest absolute Gasteiger partial charge is 0.357 e. The lowest BCUT2D eigenvalue weighted by Gasteiger charge is -2.23. The Bertz CT molecular complexity index is 581. The number of rotatable bonds is 10. The Morgan fingerprint density at radius 2 is 1.93 bits per heavy atom. The summed E-state index contributed by atoms with van der Waals surface area (Å²) in [6.07, 6.45) is 3.85. The van der Waals surface area contributed by atoms with Crippen molar-refractivity contribution in [1.82, 2.24) is 20.9 Å². The Morgan fingerprint density at radius 3 is 2.64 bits per heavy atom. The Labute approximate surface area is 187 Å². The van der Waals surface area contributed by atoms with E-state index in [0.717, 1.165) is 45.1 Å². The summed E-state index contributed by atoms with van der Waals surface area (Å²) in [7, 11) is 0.